The minimum absolute atomic E-state index is 0.191. The van der Waals surface area contributed by atoms with Crippen molar-refractivity contribution in [2.45, 2.75) is 19.8 Å². The van der Waals surface area contributed by atoms with Crippen molar-refractivity contribution >= 4 is 29.1 Å². The van der Waals surface area contributed by atoms with Crippen LogP contribution in [0.1, 0.15) is 18.9 Å². The molecule has 0 saturated carbocycles. The summed E-state index contributed by atoms with van der Waals surface area (Å²) >= 11 is 0. The number of anilines is 2. The maximum atomic E-state index is 12.7. The molecule has 0 aliphatic carbocycles. The van der Waals surface area contributed by atoms with Crippen molar-refractivity contribution in [1.29, 1.82) is 0 Å². The molecule has 3 rings (SSSR count). The summed E-state index contributed by atoms with van der Waals surface area (Å²) in [5.74, 6) is -0.942. The first-order valence-electron chi connectivity index (χ1n) is 7.83. The fraction of sp³-hybridized carbons (Fsp3) is 0.211. The Balaban J connectivity index is 1.80. The Kier molecular flexibility index (Phi) is 4.42. The van der Waals surface area contributed by atoms with E-state index >= 15 is 0 Å². The fourth-order valence-corrected chi connectivity index (χ4v) is 2.95. The molecule has 1 aliphatic rings. The van der Waals surface area contributed by atoms with Crippen LogP contribution in [0, 0.1) is 5.92 Å². The minimum atomic E-state index is -0.343. The quantitative estimate of drug-likeness (QED) is 0.880. The Morgan fingerprint density at radius 1 is 1.12 bits per heavy atom. The second-order valence-electron chi connectivity index (χ2n) is 5.89. The van der Waals surface area contributed by atoms with Crippen molar-refractivity contribution in [3.63, 3.8) is 0 Å². The summed E-state index contributed by atoms with van der Waals surface area (Å²) in [6, 6.07) is 16.5. The van der Waals surface area contributed by atoms with Gasteiger partial charge in [-0.2, -0.15) is 0 Å². The molecule has 5 heteroatoms. The smallest absolute Gasteiger partial charge is 0.237 e. The first kappa shape index (κ1) is 15.9. The molecule has 122 valence electrons. The molecule has 24 heavy (non-hydrogen) atoms. The zero-order valence-electron chi connectivity index (χ0n) is 13.4. The summed E-state index contributed by atoms with van der Waals surface area (Å²) in [5.41, 5.74) is 2.09. The molecule has 2 aromatic rings. The molecule has 5 nitrogen and oxygen atoms in total. The number of hydrogen-bond acceptors (Lipinski definition) is 3. The Morgan fingerprint density at radius 3 is 2.58 bits per heavy atom. The van der Waals surface area contributed by atoms with Gasteiger partial charge in [-0.05, 0) is 30.2 Å². The van der Waals surface area contributed by atoms with Gasteiger partial charge in [0, 0.05) is 19.0 Å². The average molecular weight is 322 g/mol. The molecule has 0 aromatic heterocycles. The summed E-state index contributed by atoms with van der Waals surface area (Å²) < 4.78 is 0. The lowest BCUT2D eigenvalue weighted by atomic mass is 9.98. The van der Waals surface area contributed by atoms with Crippen molar-refractivity contribution < 1.29 is 14.4 Å². The van der Waals surface area contributed by atoms with Crippen LogP contribution in [0.25, 0.3) is 0 Å². The highest BCUT2D eigenvalue weighted by molar-refractivity contribution is 6.21. The largest absolute Gasteiger partial charge is 0.326 e. The Morgan fingerprint density at radius 2 is 1.88 bits per heavy atom. The van der Waals surface area contributed by atoms with Gasteiger partial charge in [-0.1, -0.05) is 36.4 Å². The van der Waals surface area contributed by atoms with Gasteiger partial charge in [-0.15, -0.1) is 0 Å². The van der Waals surface area contributed by atoms with Gasteiger partial charge in [-0.3, -0.25) is 19.3 Å². The molecular formula is C19H18N2O3. The Hall–Kier alpha value is -2.95. The number of carbonyl (C=O) groups is 3. The number of benzene rings is 2. The van der Waals surface area contributed by atoms with Crippen molar-refractivity contribution in [1.82, 2.24) is 0 Å². The molecule has 0 bridgehead atoms. The lowest BCUT2D eigenvalue weighted by Crippen LogP contribution is -2.30. The van der Waals surface area contributed by atoms with Gasteiger partial charge in [0.15, 0.2) is 0 Å². The van der Waals surface area contributed by atoms with E-state index in [2.05, 4.69) is 5.32 Å². The SMILES string of the molecule is CC(=O)Nc1cccc(N2C(=O)C[C@@H](Cc3ccccc3)C2=O)c1. The van der Waals surface area contributed by atoms with Crippen LogP contribution in [-0.4, -0.2) is 17.7 Å². The highest BCUT2D eigenvalue weighted by atomic mass is 16.2. The summed E-state index contributed by atoms with van der Waals surface area (Å²) in [5, 5.41) is 2.66. The number of nitrogens with zero attached hydrogens (tertiary/aromatic N) is 1. The first-order valence-corrected chi connectivity index (χ1v) is 7.83. The number of hydrogen-bond donors (Lipinski definition) is 1. The summed E-state index contributed by atoms with van der Waals surface area (Å²) in [4.78, 5) is 37.4. The van der Waals surface area contributed by atoms with E-state index in [1.807, 2.05) is 30.3 Å². The molecule has 0 unspecified atom stereocenters. The van der Waals surface area contributed by atoms with E-state index in [1.165, 1.54) is 11.8 Å². The van der Waals surface area contributed by atoms with E-state index in [4.69, 9.17) is 0 Å². The van der Waals surface area contributed by atoms with Gasteiger partial charge in [0.1, 0.15) is 0 Å². The van der Waals surface area contributed by atoms with Crippen molar-refractivity contribution in [3.8, 4) is 0 Å². The van der Waals surface area contributed by atoms with Crippen molar-refractivity contribution in [3.05, 3.63) is 60.2 Å². The fourth-order valence-electron chi connectivity index (χ4n) is 2.95. The second kappa shape index (κ2) is 6.66. The van der Waals surface area contributed by atoms with Crippen LogP contribution in [-0.2, 0) is 20.8 Å². The zero-order valence-corrected chi connectivity index (χ0v) is 13.4. The summed E-state index contributed by atoms with van der Waals surface area (Å²) in [6.45, 7) is 1.41. The van der Waals surface area contributed by atoms with Crippen LogP contribution in [0.5, 0.6) is 0 Å². The van der Waals surface area contributed by atoms with E-state index in [9.17, 15) is 14.4 Å². The van der Waals surface area contributed by atoms with Gasteiger partial charge in [0.2, 0.25) is 17.7 Å². The molecule has 1 heterocycles. The molecule has 2 aromatic carbocycles. The number of nitrogens with one attached hydrogen (secondary N) is 1. The molecule has 3 amide bonds. The van der Waals surface area contributed by atoms with Gasteiger partial charge in [0.25, 0.3) is 0 Å². The molecule has 1 atom stereocenters. The van der Waals surface area contributed by atoms with Gasteiger partial charge < -0.3 is 5.32 Å². The van der Waals surface area contributed by atoms with Gasteiger partial charge in [0.05, 0.1) is 11.6 Å². The lowest BCUT2D eigenvalue weighted by Gasteiger charge is -2.16. The monoisotopic (exact) mass is 322 g/mol. The van der Waals surface area contributed by atoms with E-state index in [-0.39, 0.29) is 30.1 Å². The van der Waals surface area contributed by atoms with Crippen LogP contribution in [0.15, 0.2) is 54.6 Å². The third kappa shape index (κ3) is 3.35. The van der Waals surface area contributed by atoms with E-state index in [1.54, 1.807) is 24.3 Å². The average Bonchev–Trinajstić information content (AvgIpc) is 2.82. The molecule has 1 fully saturated rings. The first-order chi connectivity index (χ1) is 11.5. The standard InChI is InChI=1S/C19H18N2O3/c1-13(22)20-16-8-5-9-17(12-16)21-18(23)11-15(19(21)24)10-14-6-3-2-4-7-14/h2-9,12,15H,10-11H2,1H3,(H,20,22)/t15-/m1/s1. The zero-order chi connectivity index (χ0) is 17.1. The van der Waals surface area contributed by atoms with E-state index in [0.717, 1.165) is 5.56 Å². The highest BCUT2D eigenvalue weighted by Crippen LogP contribution is 2.30. The molecular weight excluding hydrogens is 304 g/mol. The van der Waals surface area contributed by atoms with E-state index in [0.29, 0.717) is 17.8 Å². The van der Waals surface area contributed by atoms with Crippen LogP contribution < -0.4 is 10.2 Å². The molecule has 0 radical (unpaired) electrons. The number of imide groups is 1. The Bertz CT molecular complexity index is 786. The summed E-state index contributed by atoms with van der Waals surface area (Å²) in [7, 11) is 0. The topological polar surface area (TPSA) is 66.5 Å². The molecule has 1 aliphatic heterocycles. The van der Waals surface area contributed by atoms with E-state index < -0.39 is 0 Å². The number of amides is 3. The Labute approximate surface area is 140 Å². The highest BCUT2D eigenvalue weighted by Gasteiger charge is 2.39. The third-order valence-corrected chi connectivity index (χ3v) is 3.99. The minimum Gasteiger partial charge on any atom is -0.326 e. The van der Waals surface area contributed by atoms with Crippen LogP contribution in [0.4, 0.5) is 11.4 Å². The predicted octanol–water partition coefficient (Wildman–Crippen LogP) is 2.77. The van der Waals surface area contributed by atoms with Crippen LogP contribution in [0.2, 0.25) is 0 Å². The normalized spacial score (nSPS) is 17.2. The summed E-state index contributed by atoms with van der Waals surface area (Å²) in [6.07, 6.45) is 0.755. The number of rotatable bonds is 4. The van der Waals surface area contributed by atoms with Crippen molar-refractivity contribution in [2.24, 2.45) is 5.92 Å². The van der Waals surface area contributed by atoms with Gasteiger partial charge >= 0.3 is 0 Å². The maximum Gasteiger partial charge on any atom is 0.237 e. The molecule has 1 N–H and O–H groups in total. The lowest BCUT2D eigenvalue weighted by molar-refractivity contribution is -0.122. The molecule has 0 spiro atoms. The number of carbonyl (C=O) groups excluding carboxylic acids is 3. The second-order valence-corrected chi connectivity index (χ2v) is 5.89. The van der Waals surface area contributed by atoms with Gasteiger partial charge in [-0.25, -0.2) is 0 Å². The van der Waals surface area contributed by atoms with Crippen LogP contribution >= 0.6 is 0 Å². The molecule has 1 saturated heterocycles. The van der Waals surface area contributed by atoms with Crippen LogP contribution in [0.3, 0.4) is 0 Å². The predicted molar refractivity (Wildman–Crippen MR) is 91.5 cm³/mol. The maximum absolute atomic E-state index is 12.7. The third-order valence-electron chi connectivity index (χ3n) is 3.99. The van der Waals surface area contributed by atoms with Crippen molar-refractivity contribution in [2.75, 3.05) is 10.2 Å².